The molecule has 0 aliphatic carbocycles. The van der Waals surface area contributed by atoms with E-state index in [2.05, 4.69) is 6.58 Å². The number of anilines is 1. The lowest BCUT2D eigenvalue weighted by Gasteiger charge is -2.05. The minimum atomic E-state index is -1.55. The smallest absolute Gasteiger partial charge is 0.338 e. The van der Waals surface area contributed by atoms with Gasteiger partial charge < -0.3 is 10.4 Å². The standard InChI is InChI=1S/C10H7F2NO3/c1-2-9(14)13-8-3-5(10(15)16)6(11)4-7(8)12/h2-4H,1H2,(H,13,14)(H,15,16). The van der Waals surface area contributed by atoms with Crippen LogP contribution in [0, 0.1) is 11.6 Å². The fourth-order valence-corrected chi connectivity index (χ4v) is 0.992. The van der Waals surface area contributed by atoms with Gasteiger partial charge in [0.25, 0.3) is 0 Å². The first-order valence-corrected chi connectivity index (χ1v) is 4.11. The van der Waals surface area contributed by atoms with Crippen LogP contribution in [0.25, 0.3) is 0 Å². The van der Waals surface area contributed by atoms with E-state index in [1.54, 1.807) is 0 Å². The molecular formula is C10H7F2NO3. The third-order valence-corrected chi connectivity index (χ3v) is 1.73. The summed E-state index contributed by atoms with van der Waals surface area (Å²) in [7, 11) is 0. The molecule has 0 bridgehead atoms. The number of carboxylic acid groups (broad SMARTS) is 1. The number of hydrogen-bond donors (Lipinski definition) is 2. The van der Waals surface area contributed by atoms with E-state index in [0.29, 0.717) is 12.1 Å². The maximum atomic E-state index is 13.1. The molecule has 1 amide bonds. The summed E-state index contributed by atoms with van der Waals surface area (Å²) in [6, 6.07) is 1.09. The third kappa shape index (κ3) is 2.41. The van der Waals surface area contributed by atoms with Crippen molar-refractivity contribution in [3.05, 3.63) is 42.0 Å². The van der Waals surface area contributed by atoms with E-state index in [1.165, 1.54) is 0 Å². The number of halogens is 2. The monoisotopic (exact) mass is 227 g/mol. The molecular weight excluding hydrogens is 220 g/mol. The van der Waals surface area contributed by atoms with Crippen LogP contribution in [0.15, 0.2) is 24.8 Å². The molecule has 1 aromatic rings. The van der Waals surface area contributed by atoms with Crippen LogP contribution >= 0.6 is 0 Å². The summed E-state index contributed by atoms with van der Waals surface area (Å²) in [5, 5.41) is 10.6. The molecule has 0 saturated carbocycles. The molecule has 16 heavy (non-hydrogen) atoms. The first kappa shape index (κ1) is 11.8. The van der Waals surface area contributed by atoms with Gasteiger partial charge >= 0.3 is 5.97 Å². The Morgan fingerprint density at radius 1 is 1.31 bits per heavy atom. The van der Waals surface area contributed by atoms with Crippen LogP contribution in [0.2, 0.25) is 0 Å². The quantitative estimate of drug-likeness (QED) is 0.773. The van der Waals surface area contributed by atoms with E-state index in [0.717, 1.165) is 6.08 Å². The summed E-state index contributed by atoms with van der Waals surface area (Å²) in [6.07, 6.45) is 0.878. The second-order valence-corrected chi connectivity index (χ2v) is 2.81. The van der Waals surface area contributed by atoms with Crippen molar-refractivity contribution in [2.24, 2.45) is 0 Å². The molecule has 1 rings (SSSR count). The molecule has 0 saturated heterocycles. The molecule has 0 aromatic heterocycles. The van der Waals surface area contributed by atoms with Gasteiger partial charge in [0.2, 0.25) is 5.91 Å². The van der Waals surface area contributed by atoms with Gasteiger partial charge in [-0.15, -0.1) is 0 Å². The highest BCUT2D eigenvalue weighted by molar-refractivity contribution is 6.00. The Balaban J connectivity index is 3.19. The number of carbonyl (C=O) groups is 2. The van der Waals surface area contributed by atoms with Crippen molar-refractivity contribution in [1.29, 1.82) is 0 Å². The van der Waals surface area contributed by atoms with Gasteiger partial charge in [0.15, 0.2) is 0 Å². The number of hydrogen-bond acceptors (Lipinski definition) is 2. The number of amides is 1. The second kappa shape index (κ2) is 4.52. The number of rotatable bonds is 3. The number of nitrogens with one attached hydrogen (secondary N) is 1. The summed E-state index contributed by atoms with van der Waals surface area (Å²) in [4.78, 5) is 21.4. The third-order valence-electron chi connectivity index (χ3n) is 1.73. The molecule has 0 unspecified atom stereocenters. The van der Waals surface area contributed by atoms with Gasteiger partial charge in [-0.25, -0.2) is 13.6 Å². The molecule has 6 heteroatoms. The summed E-state index contributed by atoms with van der Waals surface area (Å²) < 4.78 is 26.1. The van der Waals surface area contributed by atoms with Crippen LogP contribution in [0.5, 0.6) is 0 Å². The Morgan fingerprint density at radius 2 is 1.94 bits per heavy atom. The molecule has 0 atom stereocenters. The fraction of sp³-hybridized carbons (Fsp3) is 0. The van der Waals surface area contributed by atoms with Gasteiger partial charge in [0.05, 0.1) is 11.3 Å². The predicted octanol–water partition coefficient (Wildman–Crippen LogP) is 1.79. The Bertz CT molecular complexity index is 471. The summed E-state index contributed by atoms with van der Waals surface area (Å²) >= 11 is 0. The van der Waals surface area contributed by atoms with Crippen LogP contribution in [0.3, 0.4) is 0 Å². The van der Waals surface area contributed by atoms with Crippen LogP contribution in [-0.2, 0) is 4.79 Å². The number of carboxylic acids is 1. The summed E-state index contributed by atoms with van der Waals surface area (Å²) in [5.74, 6) is -4.53. The first-order valence-electron chi connectivity index (χ1n) is 4.11. The van der Waals surface area contributed by atoms with E-state index in [4.69, 9.17) is 5.11 Å². The predicted molar refractivity (Wildman–Crippen MR) is 52.1 cm³/mol. The summed E-state index contributed by atoms with van der Waals surface area (Å²) in [6.45, 7) is 3.14. The zero-order chi connectivity index (χ0) is 12.3. The van der Waals surface area contributed by atoms with Crippen molar-refractivity contribution >= 4 is 17.6 Å². The SMILES string of the molecule is C=CC(=O)Nc1cc(C(=O)O)c(F)cc1F. The average Bonchev–Trinajstić information content (AvgIpc) is 2.21. The number of carbonyl (C=O) groups excluding carboxylic acids is 1. The van der Waals surface area contributed by atoms with Crippen LogP contribution in [-0.4, -0.2) is 17.0 Å². The topological polar surface area (TPSA) is 66.4 Å². The summed E-state index contributed by atoms with van der Waals surface area (Å²) in [5.41, 5.74) is -1.13. The number of benzene rings is 1. The molecule has 0 aliphatic heterocycles. The largest absolute Gasteiger partial charge is 0.478 e. The Kier molecular flexibility index (Phi) is 3.34. The lowest BCUT2D eigenvalue weighted by atomic mass is 10.2. The van der Waals surface area contributed by atoms with Crippen molar-refractivity contribution in [3.63, 3.8) is 0 Å². The molecule has 2 N–H and O–H groups in total. The molecule has 0 heterocycles. The maximum absolute atomic E-state index is 13.1. The lowest BCUT2D eigenvalue weighted by Crippen LogP contribution is -2.11. The molecule has 0 aliphatic rings. The van der Waals surface area contributed by atoms with Crippen molar-refractivity contribution < 1.29 is 23.5 Å². The van der Waals surface area contributed by atoms with Crippen molar-refractivity contribution in [2.75, 3.05) is 5.32 Å². The van der Waals surface area contributed by atoms with E-state index in [1.807, 2.05) is 5.32 Å². The van der Waals surface area contributed by atoms with Crippen LogP contribution < -0.4 is 5.32 Å². The van der Waals surface area contributed by atoms with Crippen LogP contribution in [0.4, 0.5) is 14.5 Å². The first-order chi connectivity index (χ1) is 7.45. The van der Waals surface area contributed by atoms with E-state index >= 15 is 0 Å². The highest BCUT2D eigenvalue weighted by Crippen LogP contribution is 2.19. The molecule has 0 radical (unpaired) electrons. The molecule has 4 nitrogen and oxygen atoms in total. The van der Waals surface area contributed by atoms with Gasteiger partial charge in [-0.05, 0) is 12.1 Å². The highest BCUT2D eigenvalue weighted by Gasteiger charge is 2.15. The van der Waals surface area contributed by atoms with Crippen molar-refractivity contribution in [1.82, 2.24) is 0 Å². The van der Waals surface area contributed by atoms with Gasteiger partial charge in [-0.2, -0.15) is 0 Å². The molecule has 0 fully saturated rings. The van der Waals surface area contributed by atoms with E-state index < -0.39 is 34.8 Å². The second-order valence-electron chi connectivity index (χ2n) is 2.81. The lowest BCUT2D eigenvalue weighted by molar-refractivity contribution is -0.111. The Hall–Kier alpha value is -2.24. The van der Waals surface area contributed by atoms with Gasteiger partial charge in [0, 0.05) is 6.07 Å². The molecule has 84 valence electrons. The zero-order valence-corrected chi connectivity index (χ0v) is 7.96. The molecule has 0 spiro atoms. The zero-order valence-electron chi connectivity index (χ0n) is 7.96. The molecule has 1 aromatic carbocycles. The van der Waals surface area contributed by atoms with Crippen LogP contribution in [0.1, 0.15) is 10.4 Å². The van der Waals surface area contributed by atoms with Gasteiger partial charge in [0.1, 0.15) is 11.6 Å². The van der Waals surface area contributed by atoms with Gasteiger partial charge in [-0.1, -0.05) is 6.58 Å². The average molecular weight is 227 g/mol. The fourth-order valence-electron chi connectivity index (χ4n) is 0.992. The van der Waals surface area contributed by atoms with E-state index in [-0.39, 0.29) is 0 Å². The Morgan fingerprint density at radius 3 is 2.44 bits per heavy atom. The normalized spacial score (nSPS) is 9.62. The van der Waals surface area contributed by atoms with Crippen molar-refractivity contribution in [3.8, 4) is 0 Å². The maximum Gasteiger partial charge on any atom is 0.338 e. The minimum absolute atomic E-state index is 0.391. The Labute approximate surface area is 89.2 Å². The van der Waals surface area contributed by atoms with Crippen molar-refractivity contribution in [2.45, 2.75) is 0 Å². The highest BCUT2D eigenvalue weighted by atomic mass is 19.1. The van der Waals surface area contributed by atoms with E-state index in [9.17, 15) is 18.4 Å². The minimum Gasteiger partial charge on any atom is -0.478 e. The van der Waals surface area contributed by atoms with Gasteiger partial charge in [-0.3, -0.25) is 4.79 Å². The number of aromatic carboxylic acids is 1.